The van der Waals surface area contributed by atoms with Crippen molar-refractivity contribution in [1.29, 1.82) is 0 Å². The molecule has 15 heteroatoms. The number of aromatic nitrogens is 4. The second kappa shape index (κ2) is 15.9. The lowest BCUT2D eigenvalue weighted by Crippen LogP contribution is -2.35. The first-order valence-corrected chi connectivity index (χ1v) is 18.2. The minimum absolute atomic E-state index is 0.0451. The van der Waals surface area contributed by atoms with Crippen molar-refractivity contribution in [1.82, 2.24) is 24.6 Å². The summed E-state index contributed by atoms with van der Waals surface area (Å²) < 4.78 is 51.9. The Balaban J connectivity index is 1.10. The van der Waals surface area contributed by atoms with E-state index in [0.717, 1.165) is 37.7 Å². The van der Waals surface area contributed by atoms with Gasteiger partial charge in [-0.1, -0.05) is 6.07 Å². The molecule has 0 aliphatic carbocycles. The van der Waals surface area contributed by atoms with Crippen LogP contribution in [0.15, 0.2) is 61.2 Å². The molecule has 2 aromatic heterocycles. The molecule has 2 N–H and O–H groups in total. The van der Waals surface area contributed by atoms with Gasteiger partial charge in [0.2, 0.25) is 5.91 Å². The highest BCUT2D eigenvalue weighted by atomic mass is 31.2. The van der Waals surface area contributed by atoms with Crippen LogP contribution in [0.1, 0.15) is 60.8 Å². The van der Waals surface area contributed by atoms with Gasteiger partial charge in [0.1, 0.15) is 30.3 Å². The van der Waals surface area contributed by atoms with E-state index in [4.69, 9.17) is 18.3 Å². The van der Waals surface area contributed by atoms with Crippen LogP contribution in [0.3, 0.4) is 0 Å². The first-order chi connectivity index (χ1) is 23.6. The molecule has 4 aromatic rings. The third kappa shape index (κ3) is 11.3. The van der Waals surface area contributed by atoms with Crippen molar-refractivity contribution >= 4 is 41.8 Å². The highest BCUT2D eigenvalue weighted by molar-refractivity contribution is 7.48. The average Bonchev–Trinajstić information content (AvgIpc) is 3.65. The van der Waals surface area contributed by atoms with E-state index in [2.05, 4.69) is 30.6 Å². The van der Waals surface area contributed by atoms with E-state index in [0.29, 0.717) is 35.1 Å². The Labute approximate surface area is 292 Å². The molecule has 5 rings (SSSR count). The molecule has 0 saturated carbocycles. The van der Waals surface area contributed by atoms with Gasteiger partial charge in [0.15, 0.2) is 0 Å². The molecule has 0 spiro atoms. The Morgan fingerprint density at radius 3 is 2.56 bits per heavy atom. The zero-order chi connectivity index (χ0) is 35.9. The number of phosphoric acid groups is 1. The van der Waals surface area contributed by atoms with Crippen molar-refractivity contribution < 1.29 is 32.1 Å². The van der Waals surface area contributed by atoms with Gasteiger partial charge in [0.25, 0.3) is 0 Å². The Morgan fingerprint density at radius 1 is 1.04 bits per heavy atom. The summed E-state index contributed by atoms with van der Waals surface area (Å²) in [6.45, 7) is 13.4. The van der Waals surface area contributed by atoms with E-state index >= 15 is 0 Å². The summed E-state index contributed by atoms with van der Waals surface area (Å²) in [5.41, 5.74) is 0.360. The summed E-state index contributed by atoms with van der Waals surface area (Å²) >= 11 is 0. The van der Waals surface area contributed by atoms with Gasteiger partial charge in [-0.05, 0) is 97.7 Å². The van der Waals surface area contributed by atoms with E-state index in [1.165, 1.54) is 29.2 Å². The van der Waals surface area contributed by atoms with Gasteiger partial charge in [-0.15, -0.1) is 0 Å². The molecule has 0 bridgehead atoms. The number of likely N-dealkylation sites (tertiary alicyclic amines) is 1. The number of hydrogen-bond acceptors (Lipinski definition) is 11. The number of nitrogens with zero attached hydrogens (tertiary/aromatic N) is 5. The number of anilines is 3. The molecule has 0 unspecified atom stereocenters. The number of phosphoric ester groups is 1. The lowest BCUT2D eigenvalue weighted by Gasteiger charge is -2.32. The van der Waals surface area contributed by atoms with Gasteiger partial charge < -0.3 is 15.4 Å². The van der Waals surface area contributed by atoms with Crippen molar-refractivity contribution in [3.8, 4) is 5.75 Å². The van der Waals surface area contributed by atoms with Crippen LogP contribution in [0.5, 0.6) is 5.75 Å². The summed E-state index contributed by atoms with van der Waals surface area (Å²) in [5.74, 6) is 0.515. The van der Waals surface area contributed by atoms with Gasteiger partial charge in [-0.3, -0.25) is 27.9 Å². The van der Waals surface area contributed by atoms with Crippen LogP contribution in [0.4, 0.5) is 21.6 Å². The molecular formula is C35H47FN7O6P. The zero-order valence-corrected chi connectivity index (χ0v) is 30.4. The molecule has 2 aromatic carbocycles. The highest BCUT2D eigenvalue weighted by Gasteiger charge is 2.38. The van der Waals surface area contributed by atoms with Crippen molar-refractivity contribution in [3.05, 3.63) is 67.0 Å². The minimum Gasteiger partial charge on any atom is -0.493 e. The summed E-state index contributed by atoms with van der Waals surface area (Å²) in [6.07, 6.45) is 7.52. The quantitative estimate of drug-likeness (QED) is 0.0945. The molecule has 3 heterocycles. The standard InChI is InChI=1S/C35H47FN7O6P/c1-34(2,3)48-50(45,49-35(4,5)6)47-23-28-12-8-15-42(28)16-9-17-46-29-13-14-30-31(19-29)37-24-38-33(30)41-27-20-39-43(21-27)22-32(44)40-26-11-7-10-25(36)18-26/h7,10-11,13-14,18-21,24,28H,8-9,12,15-17,22-23H2,1-6H3,(H,40,44)(H,37,38,41)/t28-/m1/s1. The largest absolute Gasteiger partial charge is 0.493 e. The predicted molar refractivity (Wildman–Crippen MR) is 190 cm³/mol. The molecule has 13 nitrogen and oxygen atoms in total. The van der Waals surface area contributed by atoms with Crippen LogP contribution in [0, 0.1) is 5.82 Å². The third-order valence-electron chi connectivity index (χ3n) is 7.47. The van der Waals surface area contributed by atoms with E-state index < -0.39 is 24.8 Å². The summed E-state index contributed by atoms with van der Waals surface area (Å²) in [6, 6.07) is 11.5. The van der Waals surface area contributed by atoms with Crippen LogP contribution in [0.2, 0.25) is 0 Å². The summed E-state index contributed by atoms with van der Waals surface area (Å²) in [5, 5.41) is 10.9. The minimum atomic E-state index is -3.77. The number of ether oxygens (including phenoxy) is 1. The zero-order valence-electron chi connectivity index (χ0n) is 29.5. The molecule has 1 aliphatic rings. The van der Waals surface area contributed by atoms with Crippen LogP contribution in [-0.2, 0) is 29.5 Å². The van der Waals surface area contributed by atoms with Gasteiger partial charge >= 0.3 is 7.82 Å². The van der Waals surface area contributed by atoms with E-state index in [-0.39, 0.29) is 25.1 Å². The highest BCUT2D eigenvalue weighted by Crippen LogP contribution is 2.55. The van der Waals surface area contributed by atoms with Crippen molar-refractivity contribution in [2.24, 2.45) is 0 Å². The van der Waals surface area contributed by atoms with Crippen LogP contribution in [0.25, 0.3) is 10.9 Å². The van der Waals surface area contributed by atoms with Gasteiger partial charge in [0.05, 0.1) is 41.8 Å². The molecule has 1 aliphatic heterocycles. The van der Waals surface area contributed by atoms with Crippen LogP contribution >= 0.6 is 7.82 Å². The molecule has 50 heavy (non-hydrogen) atoms. The molecule has 270 valence electrons. The van der Waals surface area contributed by atoms with Gasteiger partial charge in [0, 0.05) is 35.9 Å². The lowest BCUT2D eigenvalue weighted by molar-refractivity contribution is -0.116. The van der Waals surface area contributed by atoms with Crippen molar-refractivity contribution in [3.63, 3.8) is 0 Å². The van der Waals surface area contributed by atoms with E-state index in [1.54, 1.807) is 18.5 Å². The summed E-state index contributed by atoms with van der Waals surface area (Å²) in [7, 11) is -3.77. The van der Waals surface area contributed by atoms with Crippen LogP contribution in [-0.4, -0.2) is 74.1 Å². The maximum Gasteiger partial charge on any atom is 0.475 e. The van der Waals surface area contributed by atoms with E-state index in [1.807, 2.05) is 59.7 Å². The smallest absolute Gasteiger partial charge is 0.475 e. The second-order valence-corrected chi connectivity index (χ2v) is 15.7. The fraction of sp³-hybridized carbons (Fsp3) is 0.486. The molecule has 1 saturated heterocycles. The molecular weight excluding hydrogens is 664 g/mol. The fourth-order valence-corrected chi connectivity index (χ4v) is 7.39. The second-order valence-electron chi connectivity index (χ2n) is 14.2. The topological polar surface area (TPSA) is 142 Å². The van der Waals surface area contributed by atoms with Crippen molar-refractivity contribution in [2.75, 3.05) is 36.9 Å². The number of hydrogen-bond donors (Lipinski definition) is 2. The van der Waals surface area contributed by atoms with Crippen molar-refractivity contribution in [2.45, 2.75) is 84.6 Å². The van der Waals surface area contributed by atoms with Gasteiger partial charge in [-0.2, -0.15) is 5.10 Å². The number of fused-ring (bicyclic) bond motifs is 1. The number of nitrogens with one attached hydrogen (secondary N) is 2. The predicted octanol–water partition coefficient (Wildman–Crippen LogP) is 7.34. The van der Waals surface area contributed by atoms with Gasteiger partial charge in [-0.25, -0.2) is 18.9 Å². The normalized spacial score (nSPS) is 15.8. The maximum atomic E-state index is 13.5. The van der Waals surface area contributed by atoms with Crippen LogP contribution < -0.4 is 15.4 Å². The molecule has 1 amide bonds. The third-order valence-corrected chi connectivity index (χ3v) is 9.48. The number of benzene rings is 2. The molecule has 1 atom stereocenters. The monoisotopic (exact) mass is 711 g/mol. The lowest BCUT2D eigenvalue weighted by atomic mass is 10.2. The first-order valence-electron chi connectivity index (χ1n) is 16.8. The number of amides is 1. The number of halogens is 1. The number of carbonyl (C=O) groups is 1. The Hall–Kier alpha value is -3.94. The Morgan fingerprint density at radius 2 is 1.82 bits per heavy atom. The number of rotatable bonds is 15. The fourth-order valence-electron chi connectivity index (χ4n) is 5.55. The Kier molecular flexibility index (Phi) is 11.9. The Bertz CT molecular complexity index is 1790. The summed E-state index contributed by atoms with van der Waals surface area (Å²) in [4.78, 5) is 23.6. The maximum absolute atomic E-state index is 13.5. The average molecular weight is 712 g/mol. The van der Waals surface area contributed by atoms with E-state index in [9.17, 15) is 13.8 Å². The molecule has 1 fully saturated rings. The number of carbonyl (C=O) groups excluding carboxylic acids is 1. The first kappa shape index (κ1) is 37.3. The molecule has 0 radical (unpaired) electrons. The SMILES string of the molecule is CC(C)(C)OP(=O)(OC[C@H]1CCCN1CCCOc1ccc2c(Nc3cnn(CC(=O)Nc4cccc(F)c4)c3)ncnc2c1)OC(C)(C)C.